The van der Waals surface area contributed by atoms with Gasteiger partial charge in [-0.1, -0.05) is 58.1 Å². The monoisotopic (exact) mass is 385 g/mol. The van der Waals surface area contributed by atoms with E-state index in [9.17, 15) is 9.59 Å². The van der Waals surface area contributed by atoms with E-state index in [0.29, 0.717) is 29.7 Å². The molecule has 1 unspecified atom stereocenters. The van der Waals surface area contributed by atoms with Crippen LogP contribution in [-0.2, 0) is 11.8 Å². The van der Waals surface area contributed by atoms with Crippen LogP contribution in [0.2, 0.25) is 0 Å². The second-order valence-electron chi connectivity index (χ2n) is 7.47. The van der Waals surface area contributed by atoms with E-state index >= 15 is 0 Å². The van der Waals surface area contributed by atoms with Gasteiger partial charge in [0.25, 0.3) is 5.56 Å². The summed E-state index contributed by atoms with van der Waals surface area (Å²) in [5.74, 6) is 0.830. The zero-order valence-electron chi connectivity index (χ0n) is 17.9. The molecule has 0 aliphatic heterocycles. The van der Waals surface area contributed by atoms with Gasteiger partial charge in [0, 0.05) is 20.0 Å². The second-order valence-corrected chi connectivity index (χ2v) is 7.47. The zero-order chi connectivity index (χ0) is 20.5. The molecule has 0 spiro atoms. The molecule has 1 heterocycles. The van der Waals surface area contributed by atoms with Gasteiger partial charge in [0.1, 0.15) is 5.82 Å². The third kappa shape index (κ3) is 5.21. The highest BCUT2D eigenvalue weighted by molar-refractivity contribution is 5.78. The van der Waals surface area contributed by atoms with Crippen molar-refractivity contribution >= 4 is 16.8 Å². The van der Waals surface area contributed by atoms with Gasteiger partial charge >= 0.3 is 0 Å². The standard InChI is InChI=1S/C23H35N3O2/c1-5-8-9-10-11-12-17-21(27)26(7-3)20(6-2)22-24-19-16-14-13-15-18(19)23(28)25(22)4/h13-16,20H,5-12,17H2,1-4H3. The smallest absolute Gasteiger partial charge is 0.261 e. The first-order valence-corrected chi connectivity index (χ1v) is 10.8. The van der Waals surface area contributed by atoms with Gasteiger partial charge in [-0.25, -0.2) is 4.98 Å². The quantitative estimate of drug-likeness (QED) is 0.512. The number of carbonyl (C=O) groups excluding carboxylic acids is 1. The SMILES string of the molecule is CCCCCCCCC(=O)N(CC)C(CC)c1nc2ccccc2c(=O)n1C. The first-order chi connectivity index (χ1) is 13.5. The lowest BCUT2D eigenvalue weighted by Gasteiger charge is -2.31. The van der Waals surface area contributed by atoms with Gasteiger partial charge in [0.05, 0.1) is 16.9 Å². The molecule has 0 fully saturated rings. The summed E-state index contributed by atoms with van der Waals surface area (Å²) < 4.78 is 1.61. The molecule has 2 rings (SSSR count). The molecule has 28 heavy (non-hydrogen) atoms. The predicted molar refractivity (Wildman–Crippen MR) is 115 cm³/mol. The maximum Gasteiger partial charge on any atom is 0.261 e. The zero-order valence-corrected chi connectivity index (χ0v) is 17.9. The van der Waals surface area contributed by atoms with E-state index in [-0.39, 0.29) is 17.5 Å². The van der Waals surface area contributed by atoms with E-state index < -0.39 is 0 Å². The van der Waals surface area contributed by atoms with Gasteiger partial charge in [-0.05, 0) is 31.9 Å². The predicted octanol–water partition coefficient (Wildman–Crippen LogP) is 4.98. The van der Waals surface area contributed by atoms with Crippen molar-refractivity contribution in [1.29, 1.82) is 0 Å². The third-order valence-electron chi connectivity index (χ3n) is 5.48. The van der Waals surface area contributed by atoms with Gasteiger partial charge in [-0.3, -0.25) is 14.2 Å². The minimum atomic E-state index is -0.181. The average molecular weight is 386 g/mol. The van der Waals surface area contributed by atoms with Crippen LogP contribution in [0, 0.1) is 0 Å². The van der Waals surface area contributed by atoms with Gasteiger partial charge in [0.2, 0.25) is 5.91 Å². The van der Waals surface area contributed by atoms with Crippen molar-refractivity contribution in [2.45, 2.75) is 78.2 Å². The van der Waals surface area contributed by atoms with E-state index in [4.69, 9.17) is 4.98 Å². The number of carbonyl (C=O) groups is 1. The molecule has 0 radical (unpaired) electrons. The number of para-hydroxylation sites is 1. The molecule has 0 aliphatic rings. The maximum absolute atomic E-state index is 12.9. The third-order valence-corrected chi connectivity index (χ3v) is 5.48. The summed E-state index contributed by atoms with van der Waals surface area (Å²) in [7, 11) is 1.76. The molecule has 2 aromatic rings. The summed E-state index contributed by atoms with van der Waals surface area (Å²) >= 11 is 0. The molecule has 0 aliphatic carbocycles. The van der Waals surface area contributed by atoms with Crippen molar-refractivity contribution < 1.29 is 4.79 Å². The molecule has 5 heteroatoms. The normalized spacial score (nSPS) is 12.3. The molecule has 1 aromatic carbocycles. The van der Waals surface area contributed by atoms with Crippen molar-refractivity contribution in [2.75, 3.05) is 6.54 Å². The first kappa shape index (κ1) is 22.1. The summed E-state index contributed by atoms with van der Waals surface area (Å²) in [5.41, 5.74) is 0.636. The largest absolute Gasteiger partial charge is 0.333 e. The van der Waals surface area contributed by atoms with E-state index in [1.165, 1.54) is 25.7 Å². The minimum absolute atomic E-state index is 0.0570. The number of unbranched alkanes of at least 4 members (excludes halogenated alkanes) is 5. The van der Waals surface area contributed by atoms with Gasteiger partial charge in [0.15, 0.2) is 0 Å². The number of hydrogen-bond acceptors (Lipinski definition) is 3. The van der Waals surface area contributed by atoms with Gasteiger partial charge in [-0.2, -0.15) is 0 Å². The molecular formula is C23H35N3O2. The van der Waals surface area contributed by atoms with Crippen LogP contribution in [0.25, 0.3) is 10.9 Å². The molecule has 0 N–H and O–H groups in total. The first-order valence-electron chi connectivity index (χ1n) is 10.8. The lowest BCUT2D eigenvalue weighted by Crippen LogP contribution is -2.38. The molecule has 0 bridgehead atoms. The van der Waals surface area contributed by atoms with Crippen LogP contribution in [0.5, 0.6) is 0 Å². The summed E-state index contributed by atoms with van der Waals surface area (Å²) in [6, 6.07) is 7.23. The Kier molecular flexibility index (Phi) is 8.68. The summed E-state index contributed by atoms with van der Waals surface area (Å²) in [6.45, 7) is 6.88. The van der Waals surface area contributed by atoms with Crippen LogP contribution in [-0.4, -0.2) is 26.9 Å². The van der Waals surface area contributed by atoms with E-state index in [1.54, 1.807) is 17.7 Å². The van der Waals surface area contributed by atoms with E-state index in [2.05, 4.69) is 6.92 Å². The fraction of sp³-hybridized carbons (Fsp3) is 0.609. The number of nitrogens with zero attached hydrogens (tertiary/aromatic N) is 3. The summed E-state index contributed by atoms with van der Waals surface area (Å²) in [4.78, 5) is 32.3. The number of benzene rings is 1. The number of fused-ring (bicyclic) bond motifs is 1. The fourth-order valence-electron chi connectivity index (χ4n) is 3.85. The highest BCUT2D eigenvalue weighted by atomic mass is 16.2. The van der Waals surface area contributed by atoms with E-state index in [0.717, 1.165) is 19.3 Å². The molecule has 1 atom stereocenters. The molecule has 1 aromatic heterocycles. The molecular weight excluding hydrogens is 350 g/mol. The van der Waals surface area contributed by atoms with Crippen molar-refractivity contribution in [1.82, 2.24) is 14.5 Å². The second kappa shape index (κ2) is 11.0. The summed E-state index contributed by atoms with van der Waals surface area (Å²) in [5, 5.41) is 0.616. The maximum atomic E-state index is 12.9. The molecule has 0 saturated carbocycles. The number of amides is 1. The van der Waals surface area contributed by atoms with Crippen molar-refractivity contribution in [3.63, 3.8) is 0 Å². The fourth-order valence-corrected chi connectivity index (χ4v) is 3.85. The Morgan fingerprint density at radius 1 is 1.07 bits per heavy atom. The Hall–Kier alpha value is -2.17. The number of aromatic nitrogens is 2. The van der Waals surface area contributed by atoms with Crippen LogP contribution >= 0.6 is 0 Å². The average Bonchev–Trinajstić information content (AvgIpc) is 2.71. The lowest BCUT2D eigenvalue weighted by molar-refractivity contribution is -0.134. The van der Waals surface area contributed by atoms with Crippen molar-refractivity contribution in [2.24, 2.45) is 7.05 Å². The topological polar surface area (TPSA) is 55.2 Å². The van der Waals surface area contributed by atoms with Crippen LogP contribution < -0.4 is 5.56 Å². The number of hydrogen-bond donors (Lipinski definition) is 0. The van der Waals surface area contributed by atoms with Crippen molar-refractivity contribution in [3.05, 3.63) is 40.4 Å². The van der Waals surface area contributed by atoms with Crippen LogP contribution in [0.1, 0.15) is 84.0 Å². The Morgan fingerprint density at radius 2 is 1.75 bits per heavy atom. The Labute approximate surface area is 168 Å². The van der Waals surface area contributed by atoms with Crippen LogP contribution in [0.4, 0.5) is 0 Å². The van der Waals surface area contributed by atoms with Crippen LogP contribution in [0.15, 0.2) is 29.1 Å². The highest BCUT2D eigenvalue weighted by Gasteiger charge is 2.26. The van der Waals surface area contributed by atoms with Gasteiger partial charge < -0.3 is 4.90 Å². The minimum Gasteiger partial charge on any atom is -0.333 e. The molecule has 154 valence electrons. The molecule has 5 nitrogen and oxygen atoms in total. The Bertz CT molecular complexity index is 828. The Balaban J connectivity index is 2.18. The number of rotatable bonds is 11. The van der Waals surface area contributed by atoms with Gasteiger partial charge in [-0.15, -0.1) is 0 Å². The van der Waals surface area contributed by atoms with Crippen LogP contribution in [0.3, 0.4) is 0 Å². The Morgan fingerprint density at radius 3 is 2.43 bits per heavy atom. The molecule has 0 saturated heterocycles. The summed E-state index contributed by atoms with van der Waals surface area (Å²) in [6.07, 6.45) is 8.29. The van der Waals surface area contributed by atoms with Crippen molar-refractivity contribution in [3.8, 4) is 0 Å². The molecule has 1 amide bonds. The lowest BCUT2D eigenvalue weighted by atomic mass is 10.1. The highest BCUT2D eigenvalue weighted by Crippen LogP contribution is 2.24. The van der Waals surface area contributed by atoms with E-state index in [1.807, 2.05) is 36.9 Å².